The van der Waals surface area contributed by atoms with E-state index in [-0.39, 0.29) is 24.4 Å². The molecule has 0 aliphatic heterocycles. The first-order chi connectivity index (χ1) is 13.9. The highest BCUT2D eigenvalue weighted by molar-refractivity contribution is 7.91. The van der Waals surface area contributed by atoms with Gasteiger partial charge < -0.3 is 8.83 Å². The molecule has 9 heteroatoms. The zero-order valence-corrected chi connectivity index (χ0v) is 15.7. The Labute approximate surface area is 164 Å². The lowest BCUT2D eigenvalue weighted by Crippen LogP contribution is -2.03. The summed E-state index contributed by atoms with van der Waals surface area (Å²) in [6.07, 6.45) is 0.0167. The Morgan fingerprint density at radius 2 is 1.07 bits per heavy atom. The van der Waals surface area contributed by atoms with Gasteiger partial charge in [0.05, 0.1) is 0 Å². The van der Waals surface area contributed by atoms with Crippen molar-refractivity contribution in [3.8, 4) is 0 Å². The summed E-state index contributed by atoms with van der Waals surface area (Å²) >= 11 is 0. The van der Waals surface area contributed by atoms with Crippen LogP contribution in [0.3, 0.4) is 0 Å². The first-order valence-corrected chi connectivity index (χ1v) is 10.0. The third-order valence-electron chi connectivity index (χ3n) is 4.13. The van der Waals surface area contributed by atoms with E-state index in [0.717, 1.165) is 0 Å². The van der Waals surface area contributed by atoms with Crippen molar-refractivity contribution in [1.29, 1.82) is 0 Å². The van der Waals surface area contributed by atoms with Crippen LogP contribution >= 0.6 is 0 Å². The number of hydrogen-bond acceptors (Lipinski definition) is 6. The summed E-state index contributed by atoms with van der Waals surface area (Å²) in [6, 6.07) is 17.5. The fourth-order valence-corrected chi connectivity index (χ4v) is 3.68. The molecule has 4 rings (SSSR count). The predicted molar refractivity (Wildman–Crippen MR) is 96.9 cm³/mol. The van der Waals surface area contributed by atoms with E-state index in [1.54, 1.807) is 60.7 Å². The van der Waals surface area contributed by atoms with E-state index in [1.165, 1.54) is 0 Å². The van der Waals surface area contributed by atoms with Gasteiger partial charge in [0.15, 0.2) is 11.5 Å². The highest BCUT2D eigenvalue weighted by atomic mass is 32.2. The molecule has 0 spiro atoms. The number of oxazole rings is 2. The maximum absolute atomic E-state index is 14.1. The van der Waals surface area contributed by atoms with Crippen molar-refractivity contribution in [3.05, 3.63) is 95.2 Å². The van der Waals surface area contributed by atoms with Gasteiger partial charge in [-0.2, -0.15) is 18.7 Å². The molecule has 0 N–H and O–H groups in total. The molecule has 29 heavy (non-hydrogen) atoms. The van der Waals surface area contributed by atoms with Crippen molar-refractivity contribution in [3.63, 3.8) is 0 Å². The van der Waals surface area contributed by atoms with Gasteiger partial charge in [-0.3, -0.25) is 0 Å². The molecule has 2 aromatic carbocycles. The number of nitrogens with zero attached hydrogens (tertiary/aromatic N) is 2. The molecule has 148 valence electrons. The quantitative estimate of drug-likeness (QED) is 0.473. The Morgan fingerprint density at radius 3 is 1.45 bits per heavy atom. The maximum atomic E-state index is 14.1. The van der Waals surface area contributed by atoms with Gasteiger partial charge >= 0.3 is 20.3 Å². The Hall–Kier alpha value is -3.33. The molecule has 2 aromatic heterocycles. The lowest BCUT2D eigenvalue weighted by atomic mass is 10.1. The van der Waals surface area contributed by atoms with Gasteiger partial charge in [0.1, 0.15) is 0 Å². The van der Waals surface area contributed by atoms with Crippen molar-refractivity contribution in [1.82, 2.24) is 9.97 Å². The second kappa shape index (κ2) is 7.59. The van der Waals surface area contributed by atoms with Crippen LogP contribution in [0.5, 0.6) is 0 Å². The lowest BCUT2D eigenvalue weighted by molar-refractivity contribution is 0.371. The summed E-state index contributed by atoms with van der Waals surface area (Å²) in [4.78, 5) is 6.67. The van der Waals surface area contributed by atoms with E-state index < -0.39 is 32.2 Å². The van der Waals surface area contributed by atoms with E-state index in [0.29, 0.717) is 11.1 Å². The molecule has 0 fully saturated rings. The molecule has 0 saturated carbocycles. The number of hydrogen-bond donors (Lipinski definition) is 0. The average molecular weight is 416 g/mol. The minimum Gasteiger partial charge on any atom is -0.429 e. The van der Waals surface area contributed by atoms with Crippen LogP contribution in [-0.2, 0) is 22.7 Å². The van der Waals surface area contributed by atoms with Crippen molar-refractivity contribution >= 4 is 9.84 Å². The van der Waals surface area contributed by atoms with E-state index in [9.17, 15) is 17.2 Å². The molecule has 0 amide bonds. The minimum atomic E-state index is -4.56. The third-order valence-corrected chi connectivity index (χ3v) is 5.40. The summed E-state index contributed by atoms with van der Waals surface area (Å²) in [5, 5.41) is -1.87. The largest absolute Gasteiger partial charge is 0.429 e. The summed E-state index contributed by atoms with van der Waals surface area (Å²) in [7, 11) is -4.56. The molecule has 0 aliphatic carbocycles. The minimum absolute atomic E-state index is 0.00833. The van der Waals surface area contributed by atoms with Crippen molar-refractivity contribution < 1.29 is 26.0 Å². The van der Waals surface area contributed by atoms with Crippen LogP contribution in [0.4, 0.5) is 8.78 Å². The van der Waals surface area contributed by atoms with Crippen LogP contribution in [0.15, 0.2) is 79.9 Å². The summed E-state index contributed by atoms with van der Waals surface area (Å²) in [5.41, 5.74) is 1.41. The normalized spacial score (nSPS) is 11.7. The molecular formula is C20H14F2N2O4S. The molecule has 0 atom stereocenters. The molecule has 2 heterocycles. The molecule has 6 nitrogen and oxygen atoms in total. The second-order valence-electron chi connectivity index (χ2n) is 6.22. The van der Waals surface area contributed by atoms with Crippen LogP contribution in [0.25, 0.3) is 0 Å². The van der Waals surface area contributed by atoms with Gasteiger partial charge in [0, 0.05) is 12.8 Å². The number of halogens is 2. The lowest BCUT2D eigenvalue weighted by Gasteiger charge is -1.97. The monoisotopic (exact) mass is 416 g/mol. The smallest absolute Gasteiger partial charge is 0.327 e. The predicted octanol–water partition coefficient (Wildman–Crippen LogP) is 3.96. The van der Waals surface area contributed by atoms with Gasteiger partial charge in [0.25, 0.3) is 11.9 Å². The topological polar surface area (TPSA) is 86.2 Å². The molecule has 0 bridgehead atoms. The number of rotatable bonds is 6. The van der Waals surface area contributed by atoms with Crippen LogP contribution in [-0.4, -0.2) is 18.4 Å². The molecule has 4 aromatic rings. The van der Waals surface area contributed by atoms with Crippen LogP contribution in [0.2, 0.25) is 0 Å². The zero-order chi connectivity index (χ0) is 20.4. The molecule has 0 radical (unpaired) electrons. The van der Waals surface area contributed by atoms with E-state index in [2.05, 4.69) is 9.97 Å². The van der Waals surface area contributed by atoms with E-state index in [4.69, 9.17) is 8.83 Å². The third kappa shape index (κ3) is 3.95. The average Bonchev–Trinajstić information content (AvgIpc) is 3.27. The molecule has 0 unspecified atom stereocenters. The maximum Gasteiger partial charge on any atom is 0.327 e. The van der Waals surface area contributed by atoms with Crippen LogP contribution in [0.1, 0.15) is 22.6 Å². The summed E-state index contributed by atoms with van der Waals surface area (Å²) < 4.78 is 63.7. The zero-order valence-electron chi connectivity index (χ0n) is 14.9. The summed E-state index contributed by atoms with van der Waals surface area (Å²) in [6.45, 7) is 0. The summed E-state index contributed by atoms with van der Waals surface area (Å²) in [5.74, 6) is -2.65. The van der Waals surface area contributed by atoms with E-state index >= 15 is 0 Å². The molecule has 0 aliphatic rings. The first-order valence-electron chi connectivity index (χ1n) is 8.57. The van der Waals surface area contributed by atoms with Gasteiger partial charge in [0.2, 0.25) is 0 Å². The highest BCUT2D eigenvalue weighted by Gasteiger charge is 2.33. The van der Waals surface area contributed by atoms with Crippen LogP contribution in [0, 0.1) is 11.9 Å². The second-order valence-corrected chi connectivity index (χ2v) is 7.92. The highest BCUT2D eigenvalue weighted by Crippen LogP contribution is 2.25. The Morgan fingerprint density at radius 1 is 0.690 bits per heavy atom. The molecular weight excluding hydrogens is 402 g/mol. The SMILES string of the molecule is O=S(=O)(c1nc(F)c(Cc2ccccc2)o1)c1nc(F)c(Cc2ccccc2)o1. The number of aromatic nitrogens is 2. The van der Waals surface area contributed by atoms with Gasteiger partial charge in [-0.25, -0.2) is 8.42 Å². The van der Waals surface area contributed by atoms with E-state index in [1.807, 2.05) is 0 Å². The van der Waals surface area contributed by atoms with Gasteiger partial charge in [-0.05, 0) is 11.1 Å². The Bertz CT molecular complexity index is 1140. The fraction of sp³-hybridized carbons (Fsp3) is 0.100. The van der Waals surface area contributed by atoms with Crippen molar-refractivity contribution in [2.24, 2.45) is 0 Å². The fourth-order valence-electron chi connectivity index (χ4n) is 2.71. The Kier molecular flexibility index (Phi) is 4.98. The molecule has 0 saturated heterocycles. The first kappa shape index (κ1) is 19.0. The van der Waals surface area contributed by atoms with Crippen molar-refractivity contribution in [2.75, 3.05) is 0 Å². The van der Waals surface area contributed by atoms with Crippen LogP contribution < -0.4 is 0 Å². The van der Waals surface area contributed by atoms with Gasteiger partial charge in [-0.15, -0.1) is 0 Å². The standard InChI is InChI=1S/C20H14F2N2O4S/c21-17-15(11-13-7-3-1-4-8-13)27-19(23-17)29(25,26)20-24-18(22)16(28-20)12-14-9-5-2-6-10-14/h1-10H,11-12H2. The van der Waals surface area contributed by atoms with Crippen molar-refractivity contribution in [2.45, 2.75) is 23.3 Å². The van der Waals surface area contributed by atoms with Gasteiger partial charge in [-0.1, -0.05) is 60.7 Å². The number of benzene rings is 2. The Balaban J connectivity index is 1.62. The number of sulfone groups is 1.